The van der Waals surface area contributed by atoms with Crippen LogP contribution in [0.5, 0.6) is 0 Å². The van der Waals surface area contributed by atoms with Crippen LogP contribution in [-0.2, 0) is 21.7 Å². The molecule has 2 heteroatoms. The van der Waals surface area contributed by atoms with Gasteiger partial charge in [0.25, 0.3) is 0 Å². The molecule has 0 radical (unpaired) electrons. The average Bonchev–Trinajstić information content (AvgIpc) is 4.07. The minimum Gasteiger partial charge on any atom is -0.311 e. The smallest absolute Gasteiger partial charge is 0.0465 e. The van der Waals surface area contributed by atoms with E-state index in [4.69, 9.17) is 0 Å². The number of hydrogen-bond acceptors (Lipinski definition) is 2. The average molecular weight is 1030 g/mol. The fourth-order valence-electron chi connectivity index (χ4n) is 14.5. The maximum absolute atomic E-state index is 4.27. The van der Waals surface area contributed by atoms with Crippen molar-refractivity contribution in [1.82, 2.24) is 0 Å². The molecule has 0 aromatic heterocycles. The first-order chi connectivity index (χ1) is 38.6. The first kappa shape index (κ1) is 49.3. The van der Waals surface area contributed by atoms with Crippen molar-refractivity contribution in [2.24, 2.45) is 0 Å². The van der Waals surface area contributed by atoms with Crippen molar-refractivity contribution >= 4 is 28.4 Å². The van der Waals surface area contributed by atoms with Gasteiger partial charge in [0.1, 0.15) is 0 Å². The first-order valence-corrected chi connectivity index (χ1v) is 28.4. The van der Waals surface area contributed by atoms with Gasteiger partial charge in [0.15, 0.2) is 0 Å². The molecule has 0 amide bonds. The number of para-hydroxylation sites is 1. The van der Waals surface area contributed by atoms with Gasteiger partial charge in [-0.3, -0.25) is 0 Å². The van der Waals surface area contributed by atoms with Crippen LogP contribution in [0, 0.1) is 0 Å². The maximum atomic E-state index is 4.27. The van der Waals surface area contributed by atoms with Crippen LogP contribution in [0.4, 0.5) is 28.4 Å². The van der Waals surface area contributed by atoms with Gasteiger partial charge >= 0.3 is 0 Å². The summed E-state index contributed by atoms with van der Waals surface area (Å²) >= 11 is 0. The van der Waals surface area contributed by atoms with Gasteiger partial charge < -0.3 is 9.80 Å². The summed E-state index contributed by atoms with van der Waals surface area (Å²) in [5.41, 5.74) is 32.4. The van der Waals surface area contributed by atoms with Gasteiger partial charge in [0.2, 0.25) is 0 Å². The van der Waals surface area contributed by atoms with E-state index in [1.54, 1.807) is 0 Å². The molecule has 2 nitrogen and oxygen atoms in total. The van der Waals surface area contributed by atoms with E-state index >= 15 is 0 Å². The highest BCUT2D eigenvalue weighted by atomic mass is 15.1. The summed E-state index contributed by atoms with van der Waals surface area (Å²) in [5.74, 6) is 0. The molecule has 0 fully saturated rings. The third kappa shape index (κ3) is 7.17. The van der Waals surface area contributed by atoms with Crippen LogP contribution >= 0.6 is 0 Å². The Morgan fingerprint density at radius 3 is 1.39 bits per heavy atom. The number of benzene rings is 10. The van der Waals surface area contributed by atoms with Crippen molar-refractivity contribution in [2.75, 3.05) is 9.80 Å². The van der Waals surface area contributed by atoms with Gasteiger partial charge in [0, 0.05) is 55.8 Å². The Bertz CT molecular complexity index is 4250. The zero-order chi connectivity index (χ0) is 55.0. The lowest BCUT2D eigenvalue weighted by molar-refractivity contribution is 0.652. The van der Waals surface area contributed by atoms with Crippen molar-refractivity contribution in [3.8, 4) is 66.8 Å². The van der Waals surface area contributed by atoms with Crippen molar-refractivity contribution < 1.29 is 0 Å². The summed E-state index contributed by atoms with van der Waals surface area (Å²) in [6, 6.07) is 80.0. The molecule has 0 spiro atoms. The van der Waals surface area contributed by atoms with Crippen molar-refractivity contribution in [3.63, 3.8) is 0 Å². The molecular formula is C78H66N2. The fraction of sp³-hybridized carbons (Fsp3) is 0.154. The first-order valence-electron chi connectivity index (χ1n) is 28.4. The highest BCUT2D eigenvalue weighted by molar-refractivity contribution is 5.97. The topological polar surface area (TPSA) is 6.48 Å². The van der Waals surface area contributed by atoms with E-state index in [9.17, 15) is 0 Å². The molecule has 0 bridgehead atoms. The van der Waals surface area contributed by atoms with Crippen LogP contribution in [-0.4, -0.2) is 0 Å². The summed E-state index contributed by atoms with van der Waals surface area (Å²) in [7, 11) is 0. The van der Waals surface area contributed by atoms with E-state index in [1.165, 1.54) is 111 Å². The predicted octanol–water partition coefficient (Wildman–Crippen LogP) is 21.1. The van der Waals surface area contributed by atoms with E-state index in [1.807, 2.05) is 18.2 Å². The van der Waals surface area contributed by atoms with Crippen molar-refractivity contribution in [3.05, 3.63) is 294 Å². The second kappa shape index (κ2) is 17.8. The van der Waals surface area contributed by atoms with Gasteiger partial charge in [-0.2, -0.15) is 0 Å². The summed E-state index contributed by atoms with van der Waals surface area (Å²) in [6.45, 7) is 27.4. The van der Waals surface area contributed by atoms with Crippen molar-refractivity contribution in [2.45, 2.75) is 77.0 Å². The van der Waals surface area contributed by atoms with Crippen LogP contribution < -0.4 is 9.80 Å². The molecule has 4 aliphatic rings. The number of nitrogens with zero attached hydrogens (tertiary/aromatic N) is 2. The van der Waals surface area contributed by atoms with E-state index in [0.717, 1.165) is 34.1 Å². The van der Waals surface area contributed by atoms with Gasteiger partial charge in [0.05, 0.1) is 0 Å². The Labute approximate surface area is 473 Å². The van der Waals surface area contributed by atoms with Crippen LogP contribution in [0.25, 0.3) is 66.8 Å². The molecule has 80 heavy (non-hydrogen) atoms. The van der Waals surface area contributed by atoms with Gasteiger partial charge in [-0.1, -0.05) is 208 Å². The van der Waals surface area contributed by atoms with E-state index < -0.39 is 0 Å². The van der Waals surface area contributed by atoms with Crippen LogP contribution in [0.1, 0.15) is 99.9 Å². The molecular weight excluding hydrogens is 965 g/mol. The Balaban J connectivity index is 0.789. The predicted molar refractivity (Wildman–Crippen MR) is 339 cm³/mol. The van der Waals surface area contributed by atoms with E-state index in [-0.39, 0.29) is 21.7 Å². The molecule has 10 aromatic rings. The molecule has 0 aliphatic heterocycles. The quantitative estimate of drug-likeness (QED) is 0.126. The number of rotatable bonds is 10. The Kier molecular flexibility index (Phi) is 11.0. The second-order valence-corrected chi connectivity index (χ2v) is 24.6. The summed E-state index contributed by atoms with van der Waals surface area (Å²) in [5, 5.41) is 0. The molecule has 388 valence electrons. The molecule has 0 saturated carbocycles. The maximum Gasteiger partial charge on any atom is 0.0465 e. The number of anilines is 5. The lowest BCUT2D eigenvalue weighted by Gasteiger charge is -2.29. The summed E-state index contributed by atoms with van der Waals surface area (Å²) in [4.78, 5) is 4.71. The Hall–Kier alpha value is -8.98. The zero-order valence-electron chi connectivity index (χ0n) is 47.2. The highest BCUT2D eigenvalue weighted by Crippen LogP contribution is 2.59. The third-order valence-corrected chi connectivity index (χ3v) is 18.8. The Morgan fingerprint density at radius 1 is 0.312 bits per heavy atom. The largest absolute Gasteiger partial charge is 0.311 e. The minimum atomic E-state index is -0.217. The molecule has 4 aliphatic carbocycles. The number of fused-ring (bicyclic) bond motifs is 12. The fourth-order valence-corrected chi connectivity index (χ4v) is 14.5. The SMILES string of the molecule is C=C/C=C(\C=C)N(c1ccc(-c2cccc3c2-c2cc4c(cc2C3(C)C)-c2ccc(-c3ccc(N(c5ccccc5)c5ccc6c(c5)C(C)(C)c5ccccc5-6)cc3)cc2C4(C)C)cc1)c1ccc2c(c1)C(C)(C)c1ccccc1-2. The number of allylic oxidation sites excluding steroid dienone is 3. The van der Waals surface area contributed by atoms with Crippen LogP contribution in [0.2, 0.25) is 0 Å². The van der Waals surface area contributed by atoms with Gasteiger partial charge in [-0.15, -0.1) is 0 Å². The standard InChI is InChI=1S/C78H66N2/c1-11-21-52(12-2)79(56-39-42-61-59-24-16-18-27-66(59)75(3,4)70(61)45-56)54-37-32-50(33-38-54)58-26-20-29-68-74(58)65-48-72-64(47-73(65)77(68,7)8)63-41-34-51(44-69(63)78(72,9)10)49-30-35-55(36-31-49)80(53-22-14-13-15-23-53)57-40-43-62-60-25-17-19-28-67(60)76(5,6)71(62)46-57/h11-48H,1-2H2,3-10H3/b52-21+. The molecule has 14 rings (SSSR count). The Morgan fingerprint density at radius 2 is 0.738 bits per heavy atom. The number of hydrogen-bond donors (Lipinski definition) is 0. The normalized spacial score (nSPS) is 15.6. The van der Waals surface area contributed by atoms with Crippen LogP contribution in [0.3, 0.4) is 0 Å². The molecule has 0 heterocycles. The third-order valence-electron chi connectivity index (χ3n) is 18.8. The lowest BCUT2D eigenvalue weighted by atomic mass is 9.79. The lowest BCUT2D eigenvalue weighted by Crippen LogP contribution is -2.18. The molecule has 0 atom stereocenters. The van der Waals surface area contributed by atoms with E-state index in [2.05, 4.69) is 291 Å². The molecule has 0 N–H and O–H groups in total. The van der Waals surface area contributed by atoms with Gasteiger partial charge in [-0.25, -0.2) is 0 Å². The summed E-state index contributed by atoms with van der Waals surface area (Å²) < 4.78 is 0. The highest BCUT2D eigenvalue weighted by Gasteiger charge is 2.43. The van der Waals surface area contributed by atoms with Crippen molar-refractivity contribution in [1.29, 1.82) is 0 Å². The second-order valence-electron chi connectivity index (χ2n) is 24.6. The monoisotopic (exact) mass is 1030 g/mol. The molecule has 0 saturated heterocycles. The minimum absolute atomic E-state index is 0.0902. The molecule has 10 aromatic carbocycles. The molecule has 0 unspecified atom stereocenters. The summed E-state index contributed by atoms with van der Waals surface area (Å²) in [6.07, 6.45) is 5.82. The van der Waals surface area contributed by atoms with Crippen LogP contribution in [0.15, 0.2) is 249 Å². The van der Waals surface area contributed by atoms with E-state index in [0.29, 0.717) is 0 Å². The zero-order valence-corrected chi connectivity index (χ0v) is 47.2. The van der Waals surface area contributed by atoms with Gasteiger partial charge in [-0.05, 0) is 202 Å².